The highest BCUT2D eigenvalue weighted by Gasteiger charge is 2.33. The Hall–Kier alpha value is -3.15. The highest BCUT2D eigenvalue weighted by atomic mass is 16.2. The van der Waals surface area contributed by atoms with Crippen LogP contribution in [0, 0.1) is 0 Å². The van der Waals surface area contributed by atoms with Crippen molar-refractivity contribution in [3.8, 4) is 0 Å². The van der Waals surface area contributed by atoms with Crippen LogP contribution in [0.4, 0.5) is 11.4 Å². The third kappa shape index (κ3) is 2.98. The van der Waals surface area contributed by atoms with Crippen molar-refractivity contribution < 1.29 is 9.59 Å². The molecule has 2 aromatic carbocycles. The molecule has 1 aliphatic rings. The third-order valence-electron chi connectivity index (χ3n) is 4.42. The first-order chi connectivity index (χ1) is 12.1. The standard InChI is InChI=1S/C19H18N4O2/c1-12(24)20-14-6-8-15(9-7-14)23-11-13(10-18(23)25)19-21-16-4-2-3-5-17(16)22-19/h2-9,13H,10-11H2,1H3,(H,20,24)(H,21,22)/t13-/m1/s1. The minimum absolute atomic E-state index is 0.0509. The van der Waals surface area contributed by atoms with E-state index in [1.807, 2.05) is 36.4 Å². The number of carbonyl (C=O) groups excluding carboxylic acids is 2. The van der Waals surface area contributed by atoms with Crippen LogP contribution in [0.3, 0.4) is 0 Å². The molecule has 1 aromatic heterocycles. The van der Waals surface area contributed by atoms with E-state index >= 15 is 0 Å². The summed E-state index contributed by atoms with van der Waals surface area (Å²) in [6, 6.07) is 15.2. The first-order valence-corrected chi connectivity index (χ1v) is 8.23. The second-order valence-corrected chi connectivity index (χ2v) is 6.27. The minimum atomic E-state index is -0.116. The lowest BCUT2D eigenvalue weighted by Gasteiger charge is -2.17. The van der Waals surface area contributed by atoms with Gasteiger partial charge in [-0.1, -0.05) is 12.1 Å². The first-order valence-electron chi connectivity index (χ1n) is 8.23. The Kier molecular flexibility index (Phi) is 3.72. The number of aromatic amines is 1. The monoisotopic (exact) mass is 334 g/mol. The molecule has 0 bridgehead atoms. The molecular weight excluding hydrogens is 316 g/mol. The summed E-state index contributed by atoms with van der Waals surface area (Å²) in [6.45, 7) is 2.06. The Morgan fingerprint density at radius 2 is 1.96 bits per heavy atom. The lowest BCUT2D eigenvalue weighted by Crippen LogP contribution is -2.24. The summed E-state index contributed by atoms with van der Waals surface area (Å²) < 4.78 is 0. The predicted molar refractivity (Wildman–Crippen MR) is 96.6 cm³/mol. The van der Waals surface area contributed by atoms with Crippen molar-refractivity contribution in [3.05, 3.63) is 54.4 Å². The number of nitrogens with zero attached hydrogens (tertiary/aromatic N) is 2. The number of hydrogen-bond acceptors (Lipinski definition) is 3. The van der Waals surface area contributed by atoms with E-state index in [2.05, 4.69) is 15.3 Å². The van der Waals surface area contributed by atoms with Crippen LogP contribution in [0.1, 0.15) is 25.1 Å². The molecule has 0 spiro atoms. The molecule has 0 unspecified atom stereocenters. The zero-order valence-corrected chi connectivity index (χ0v) is 13.8. The Labute approximate surface area is 144 Å². The van der Waals surface area contributed by atoms with E-state index in [1.54, 1.807) is 17.0 Å². The number of H-pyrrole nitrogens is 1. The SMILES string of the molecule is CC(=O)Nc1ccc(N2C[C@H](c3nc4ccccc4[nH]3)CC2=O)cc1. The summed E-state index contributed by atoms with van der Waals surface area (Å²) >= 11 is 0. The number of aromatic nitrogens is 2. The number of hydrogen-bond donors (Lipinski definition) is 2. The molecule has 1 fully saturated rings. The van der Waals surface area contributed by atoms with Gasteiger partial charge in [-0.2, -0.15) is 0 Å². The highest BCUT2D eigenvalue weighted by Crippen LogP contribution is 2.31. The van der Waals surface area contributed by atoms with Crippen molar-refractivity contribution in [2.45, 2.75) is 19.3 Å². The van der Waals surface area contributed by atoms with Gasteiger partial charge in [-0.3, -0.25) is 9.59 Å². The average molecular weight is 334 g/mol. The van der Waals surface area contributed by atoms with Crippen LogP contribution < -0.4 is 10.2 Å². The summed E-state index contributed by atoms with van der Waals surface area (Å²) in [5.74, 6) is 0.870. The molecule has 1 saturated heterocycles. The maximum atomic E-state index is 12.5. The summed E-state index contributed by atoms with van der Waals surface area (Å²) in [5, 5.41) is 2.73. The van der Waals surface area contributed by atoms with Crippen LogP contribution in [0.5, 0.6) is 0 Å². The van der Waals surface area contributed by atoms with E-state index < -0.39 is 0 Å². The van der Waals surface area contributed by atoms with E-state index in [4.69, 9.17) is 0 Å². The van der Waals surface area contributed by atoms with Crippen molar-refractivity contribution in [1.82, 2.24) is 9.97 Å². The van der Waals surface area contributed by atoms with Crippen molar-refractivity contribution in [1.29, 1.82) is 0 Å². The molecule has 6 heteroatoms. The highest BCUT2D eigenvalue weighted by molar-refractivity contribution is 5.97. The van der Waals surface area contributed by atoms with Gasteiger partial charge in [0.25, 0.3) is 0 Å². The Balaban J connectivity index is 1.54. The van der Waals surface area contributed by atoms with E-state index in [1.165, 1.54) is 6.92 Å². The molecule has 2 heterocycles. The summed E-state index contributed by atoms with van der Waals surface area (Å²) in [6.07, 6.45) is 0.438. The molecule has 25 heavy (non-hydrogen) atoms. The van der Waals surface area contributed by atoms with Gasteiger partial charge in [0.2, 0.25) is 11.8 Å². The maximum absolute atomic E-state index is 12.5. The lowest BCUT2D eigenvalue weighted by atomic mass is 10.1. The molecule has 0 saturated carbocycles. The first kappa shape index (κ1) is 15.4. The molecule has 2 N–H and O–H groups in total. The number of rotatable bonds is 3. The van der Waals surface area contributed by atoms with Gasteiger partial charge in [0, 0.05) is 37.2 Å². The fourth-order valence-electron chi connectivity index (χ4n) is 3.23. The lowest BCUT2D eigenvalue weighted by molar-refractivity contribution is -0.117. The van der Waals surface area contributed by atoms with Crippen molar-refractivity contribution in [2.75, 3.05) is 16.8 Å². The van der Waals surface area contributed by atoms with Crippen molar-refractivity contribution in [2.24, 2.45) is 0 Å². The zero-order chi connectivity index (χ0) is 17.4. The van der Waals surface area contributed by atoms with Gasteiger partial charge in [0.15, 0.2) is 0 Å². The van der Waals surface area contributed by atoms with E-state index in [-0.39, 0.29) is 17.7 Å². The Bertz CT molecular complexity index is 912. The zero-order valence-electron chi connectivity index (χ0n) is 13.8. The Morgan fingerprint density at radius 3 is 2.68 bits per heavy atom. The molecule has 1 aliphatic heterocycles. The van der Waals surface area contributed by atoms with Crippen molar-refractivity contribution >= 4 is 34.2 Å². The molecule has 4 rings (SSSR count). The topological polar surface area (TPSA) is 78.1 Å². The van der Waals surface area contributed by atoms with Gasteiger partial charge in [-0.05, 0) is 36.4 Å². The van der Waals surface area contributed by atoms with Gasteiger partial charge in [0.1, 0.15) is 5.82 Å². The third-order valence-corrected chi connectivity index (χ3v) is 4.42. The molecule has 1 atom stereocenters. The summed E-state index contributed by atoms with van der Waals surface area (Å²) in [4.78, 5) is 33.3. The molecule has 126 valence electrons. The fourth-order valence-corrected chi connectivity index (χ4v) is 3.23. The molecular formula is C19H18N4O2. The second kappa shape index (κ2) is 6.05. The number of anilines is 2. The number of fused-ring (bicyclic) bond motifs is 1. The molecule has 3 aromatic rings. The molecule has 0 radical (unpaired) electrons. The smallest absolute Gasteiger partial charge is 0.227 e. The van der Waals surface area contributed by atoms with Crippen LogP contribution in [-0.4, -0.2) is 28.3 Å². The number of carbonyl (C=O) groups is 2. The van der Waals surface area contributed by atoms with Gasteiger partial charge in [-0.15, -0.1) is 0 Å². The number of amides is 2. The minimum Gasteiger partial charge on any atom is -0.342 e. The van der Waals surface area contributed by atoms with E-state index in [0.29, 0.717) is 13.0 Å². The number of imidazole rings is 1. The second-order valence-electron chi connectivity index (χ2n) is 6.27. The number of benzene rings is 2. The van der Waals surface area contributed by atoms with Gasteiger partial charge >= 0.3 is 0 Å². The Morgan fingerprint density at radius 1 is 1.20 bits per heavy atom. The quantitative estimate of drug-likeness (QED) is 0.773. The van der Waals surface area contributed by atoms with Gasteiger partial charge < -0.3 is 15.2 Å². The summed E-state index contributed by atoms with van der Waals surface area (Å²) in [7, 11) is 0. The normalized spacial score (nSPS) is 17.2. The predicted octanol–water partition coefficient (Wildman–Crippen LogP) is 3.04. The van der Waals surface area contributed by atoms with Crippen molar-refractivity contribution in [3.63, 3.8) is 0 Å². The fraction of sp³-hybridized carbons (Fsp3) is 0.211. The van der Waals surface area contributed by atoms with Gasteiger partial charge in [-0.25, -0.2) is 4.98 Å². The number of nitrogens with one attached hydrogen (secondary N) is 2. The number of para-hydroxylation sites is 2. The molecule has 6 nitrogen and oxygen atoms in total. The van der Waals surface area contributed by atoms with Gasteiger partial charge in [0.05, 0.1) is 11.0 Å². The van der Waals surface area contributed by atoms with E-state index in [0.717, 1.165) is 28.2 Å². The largest absolute Gasteiger partial charge is 0.342 e. The van der Waals surface area contributed by atoms with Crippen LogP contribution in [0.25, 0.3) is 11.0 Å². The summed E-state index contributed by atoms with van der Waals surface area (Å²) in [5.41, 5.74) is 3.46. The average Bonchev–Trinajstić information content (AvgIpc) is 3.18. The molecule has 0 aliphatic carbocycles. The maximum Gasteiger partial charge on any atom is 0.227 e. The van der Waals surface area contributed by atoms with E-state index in [9.17, 15) is 9.59 Å². The van der Waals surface area contributed by atoms with Crippen LogP contribution in [-0.2, 0) is 9.59 Å². The van der Waals surface area contributed by atoms with Crippen LogP contribution >= 0.6 is 0 Å². The van der Waals surface area contributed by atoms with Crippen LogP contribution in [0.2, 0.25) is 0 Å². The van der Waals surface area contributed by atoms with Crippen LogP contribution in [0.15, 0.2) is 48.5 Å². The molecule has 2 amide bonds.